The van der Waals surface area contributed by atoms with Crippen LogP contribution in [0.5, 0.6) is 5.75 Å². The summed E-state index contributed by atoms with van der Waals surface area (Å²) in [6.45, 7) is 7.98. The van der Waals surface area contributed by atoms with E-state index in [1.165, 1.54) is 5.56 Å². The molecule has 0 bridgehead atoms. The fraction of sp³-hybridized carbons (Fsp3) is 0.440. The van der Waals surface area contributed by atoms with Crippen LogP contribution in [0.25, 0.3) is 0 Å². The van der Waals surface area contributed by atoms with E-state index in [0.717, 1.165) is 22.9 Å². The molecule has 2 aromatic rings. The van der Waals surface area contributed by atoms with Crippen LogP contribution in [0.2, 0.25) is 5.02 Å². The molecule has 0 radical (unpaired) electrons. The normalized spacial score (nSPS) is 12.7. The van der Waals surface area contributed by atoms with Crippen LogP contribution in [0.3, 0.4) is 0 Å². The number of hydrogen-bond donors (Lipinski definition) is 1. The molecule has 2 amide bonds. The Labute approximate surface area is 204 Å². The second-order valence-electron chi connectivity index (χ2n) is 7.76. The number of benzene rings is 2. The maximum absolute atomic E-state index is 13.3. The van der Waals surface area contributed by atoms with Gasteiger partial charge in [0.1, 0.15) is 11.8 Å². The van der Waals surface area contributed by atoms with E-state index < -0.39 is 6.04 Å². The fourth-order valence-electron chi connectivity index (χ4n) is 3.27. The number of hydrogen-bond acceptors (Lipinski definition) is 3. The third-order valence-electron chi connectivity index (χ3n) is 5.44. The van der Waals surface area contributed by atoms with Crippen molar-refractivity contribution in [3.05, 3.63) is 63.1 Å². The van der Waals surface area contributed by atoms with Gasteiger partial charge in [0.05, 0.1) is 4.47 Å². The van der Waals surface area contributed by atoms with Crippen molar-refractivity contribution in [2.45, 2.75) is 65.6 Å². The molecule has 32 heavy (non-hydrogen) atoms. The van der Waals surface area contributed by atoms with Crippen molar-refractivity contribution in [2.24, 2.45) is 0 Å². The standard InChI is InChI=1S/C25H32BrClN2O3/c1-5-17(4)28-25(31)22(7-3)29(15-19-10-8-9-11-21(19)27)24(30)16-32-23-13-12-18(6-2)14-20(23)26/h8-14,17,22H,5-7,15-16H2,1-4H3,(H,28,31)/t17-,22+/m0/s1. The average molecular weight is 524 g/mol. The number of nitrogens with zero attached hydrogens (tertiary/aromatic N) is 1. The minimum Gasteiger partial charge on any atom is -0.483 e. The summed E-state index contributed by atoms with van der Waals surface area (Å²) in [5, 5.41) is 3.55. The number of carbonyl (C=O) groups excluding carboxylic acids is 2. The number of amides is 2. The van der Waals surface area contributed by atoms with E-state index in [1.807, 2.05) is 57.2 Å². The summed E-state index contributed by atoms with van der Waals surface area (Å²) in [6, 6.07) is 12.6. The number of halogens is 2. The molecule has 0 aliphatic rings. The molecule has 0 saturated carbocycles. The zero-order valence-corrected chi connectivity index (χ0v) is 21.5. The largest absolute Gasteiger partial charge is 0.483 e. The van der Waals surface area contributed by atoms with Crippen LogP contribution >= 0.6 is 27.5 Å². The molecule has 0 aliphatic carbocycles. The van der Waals surface area contributed by atoms with E-state index in [0.29, 0.717) is 17.2 Å². The van der Waals surface area contributed by atoms with Crippen molar-refractivity contribution in [1.82, 2.24) is 10.2 Å². The van der Waals surface area contributed by atoms with Gasteiger partial charge < -0.3 is 15.0 Å². The first-order valence-electron chi connectivity index (χ1n) is 11.0. The highest BCUT2D eigenvalue weighted by atomic mass is 79.9. The van der Waals surface area contributed by atoms with Crippen LogP contribution in [0, 0.1) is 0 Å². The van der Waals surface area contributed by atoms with E-state index in [4.69, 9.17) is 16.3 Å². The predicted octanol–water partition coefficient (Wildman–Crippen LogP) is 5.77. The zero-order valence-electron chi connectivity index (χ0n) is 19.2. The Morgan fingerprint density at radius 3 is 2.44 bits per heavy atom. The molecule has 0 spiro atoms. The van der Waals surface area contributed by atoms with Gasteiger partial charge >= 0.3 is 0 Å². The Balaban J connectivity index is 2.24. The summed E-state index contributed by atoms with van der Waals surface area (Å²) >= 11 is 9.86. The molecule has 0 aliphatic heterocycles. The van der Waals surface area contributed by atoms with Crippen molar-refractivity contribution in [3.63, 3.8) is 0 Å². The van der Waals surface area contributed by atoms with E-state index in [-0.39, 0.29) is 31.0 Å². The quantitative estimate of drug-likeness (QED) is 0.407. The summed E-state index contributed by atoms with van der Waals surface area (Å²) in [5.74, 6) is 0.142. The molecule has 2 rings (SSSR count). The van der Waals surface area contributed by atoms with Crippen molar-refractivity contribution in [2.75, 3.05) is 6.61 Å². The van der Waals surface area contributed by atoms with Gasteiger partial charge in [0.2, 0.25) is 5.91 Å². The first-order valence-corrected chi connectivity index (χ1v) is 12.2. The summed E-state index contributed by atoms with van der Waals surface area (Å²) in [5.41, 5.74) is 1.95. The number of aryl methyl sites for hydroxylation is 1. The maximum Gasteiger partial charge on any atom is 0.261 e. The molecule has 7 heteroatoms. The molecule has 0 fully saturated rings. The SMILES string of the molecule is CCc1ccc(OCC(=O)N(Cc2ccccc2Cl)[C@H](CC)C(=O)N[C@@H](C)CC)c(Br)c1. The summed E-state index contributed by atoms with van der Waals surface area (Å²) in [4.78, 5) is 27.8. The molecule has 5 nitrogen and oxygen atoms in total. The maximum atomic E-state index is 13.3. The second-order valence-corrected chi connectivity index (χ2v) is 9.02. The molecular weight excluding hydrogens is 492 g/mol. The number of carbonyl (C=O) groups is 2. The molecule has 0 aromatic heterocycles. The molecule has 2 atom stereocenters. The summed E-state index contributed by atoms with van der Waals surface area (Å²) in [6.07, 6.45) is 2.20. The Bertz CT molecular complexity index is 922. The van der Waals surface area contributed by atoms with Gasteiger partial charge in [-0.15, -0.1) is 0 Å². The summed E-state index contributed by atoms with van der Waals surface area (Å²) in [7, 11) is 0. The van der Waals surface area contributed by atoms with Crippen molar-refractivity contribution >= 4 is 39.3 Å². The van der Waals surface area contributed by atoms with E-state index >= 15 is 0 Å². The van der Waals surface area contributed by atoms with Gasteiger partial charge in [0.15, 0.2) is 6.61 Å². The van der Waals surface area contributed by atoms with Gasteiger partial charge in [0, 0.05) is 17.6 Å². The fourth-order valence-corrected chi connectivity index (χ4v) is 4.01. The molecule has 0 heterocycles. The van der Waals surface area contributed by atoms with Gasteiger partial charge in [-0.25, -0.2) is 0 Å². The molecule has 0 saturated heterocycles. The topological polar surface area (TPSA) is 58.6 Å². The number of ether oxygens (including phenoxy) is 1. The van der Waals surface area contributed by atoms with Gasteiger partial charge in [-0.05, 0) is 71.4 Å². The highest BCUT2D eigenvalue weighted by molar-refractivity contribution is 9.10. The lowest BCUT2D eigenvalue weighted by Crippen LogP contribution is -2.51. The predicted molar refractivity (Wildman–Crippen MR) is 133 cm³/mol. The Morgan fingerprint density at radius 1 is 1.12 bits per heavy atom. The zero-order chi connectivity index (χ0) is 23.7. The van der Waals surface area contributed by atoms with Gasteiger partial charge in [0.25, 0.3) is 5.91 Å². The van der Waals surface area contributed by atoms with E-state index in [9.17, 15) is 9.59 Å². The van der Waals surface area contributed by atoms with Crippen molar-refractivity contribution in [3.8, 4) is 5.75 Å². The van der Waals surface area contributed by atoms with Crippen molar-refractivity contribution in [1.29, 1.82) is 0 Å². The Hall–Kier alpha value is -2.05. The first kappa shape index (κ1) is 26.2. The van der Waals surface area contributed by atoms with Gasteiger partial charge in [-0.2, -0.15) is 0 Å². The number of nitrogens with one attached hydrogen (secondary N) is 1. The highest BCUT2D eigenvalue weighted by Gasteiger charge is 2.30. The molecule has 174 valence electrons. The minimum atomic E-state index is -0.623. The van der Waals surface area contributed by atoms with Crippen LogP contribution in [0.15, 0.2) is 46.9 Å². The van der Waals surface area contributed by atoms with E-state index in [2.05, 4.69) is 28.2 Å². The van der Waals surface area contributed by atoms with Crippen molar-refractivity contribution < 1.29 is 14.3 Å². The van der Waals surface area contributed by atoms with E-state index in [1.54, 1.807) is 11.0 Å². The second kappa shape index (κ2) is 12.9. The third kappa shape index (κ3) is 7.24. The lowest BCUT2D eigenvalue weighted by Gasteiger charge is -2.31. The minimum absolute atomic E-state index is 0.0260. The molecular formula is C25H32BrClN2O3. The third-order valence-corrected chi connectivity index (χ3v) is 6.43. The highest BCUT2D eigenvalue weighted by Crippen LogP contribution is 2.27. The summed E-state index contributed by atoms with van der Waals surface area (Å²) < 4.78 is 6.62. The molecule has 1 N–H and O–H groups in total. The Morgan fingerprint density at radius 2 is 1.84 bits per heavy atom. The lowest BCUT2D eigenvalue weighted by molar-refractivity contribution is -0.143. The average Bonchev–Trinajstić information content (AvgIpc) is 2.78. The molecule has 2 aromatic carbocycles. The number of rotatable bonds is 11. The van der Waals surface area contributed by atoms with Crippen LogP contribution in [-0.4, -0.2) is 35.4 Å². The molecule has 0 unspecified atom stereocenters. The first-order chi connectivity index (χ1) is 15.3. The van der Waals surface area contributed by atoms with Crippen LogP contribution in [0.4, 0.5) is 0 Å². The lowest BCUT2D eigenvalue weighted by atomic mass is 10.1. The van der Waals surface area contributed by atoms with Gasteiger partial charge in [-0.3, -0.25) is 9.59 Å². The van der Waals surface area contributed by atoms with Crippen LogP contribution < -0.4 is 10.1 Å². The van der Waals surface area contributed by atoms with Gasteiger partial charge in [-0.1, -0.05) is 56.6 Å². The monoisotopic (exact) mass is 522 g/mol. The van der Waals surface area contributed by atoms with Crippen LogP contribution in [-0.2, 0) is 22.6 Å². The Kier molecular flexibility index (Phi) is 10.5. The smallest absolute Gasteiger partial charge is 0.261 e. The van der Waals surface area contributed by atoms with Crippen LogP contribution in [0.1, 0.15) is 51.7 Å².